The van der Waals surface area contributed by atoms with Gasteiger partial charge in [-0.2, -0.15) is 0 Å². The summed E-state index contributed by atoms with van der Waals surface area (Å²) in [6.07, 6.45) is 0.858. The van der Waals surface area contributed by atoms with Gasteiger partial charge in [0.15, 0.2) is 15.1 Å². The molecule has 6 heteroatoms. The van der Waals surface area contributed by atoms with Crippen molar-refractivity contribution in [2.24, 2.45) is 0 Å². The highest BCUT2D eigenvalue weighted by Crippen LogP contribution is 2.22. The van der Waals surface area contributed by atoms with Gasteiger partial charge in [-0.15, -0.1) is 0 Å². The van der Waals surface area contributed by atoms with Gasteiger partial charge < -0.3 is 4.74 Å². The molecule has 4 nitrogen and oxygen atoms in total. The van der Waals surface area contributed by atoms with Crippen molar-refractivity contribution in [3.8, 4) is 0 Å². The topological polar surface area (TPSA) is 60.4 Å². The monoisotopic (exact) mass is 348 g/mol. The van der Waals surface area contributed by atoms with Crippen LogP contribution in [0.4, 0.5) is 0 Å². The van der Waals surface area contributed by atoms with Crippen LogP contribution in [0, 0.1) is 0 Å². The number of benzene rings is 1. The fourth-order valence-electron chi connectivity index (χ4n) is 1.69. The first-order chi connectivity index (χ1) is 8.93. The Morgan fingerprint density at radius 3 is 2.32 bits per heavy atom. The molecule has 0 saturated carbocycles. The molecule has 19 heavy (non-hydrogen) atoms. The molecule has 0 aliphatic heterocycles. The summed E-state index contributed by atoms with van der Waals surface area (Å²) in [6, 6.07) is 6.25. The fraction of sp³-hybridized carbons (Fsp3) is 0.462. The van der Waals surface area contributed by atoms with E-state index in [1.807, 2.05) is 6.92 Å². The molecule has 0 N–H and O–H groups in total. The first-order valence-corrected chi connectivity index (χ1v) is 8.43. The van der Waals surface area contributed by atoms with Crippen molar-refractivity contribution in [1.29, 1.82) is 0 Å². The van der Waals surface area contributed by atoms with Crippen LogP contribution in [-0.4, -0.2) is 26.2 Å². The van der Waals surface area contributed by atoms with Crippen molar-refractivity contribution in [1.82, 2.24) is 0 Å². The molecule has 1 unspecified atom stereocenters. The van der Waals surface area contributed by atoms with E-state index >= 15 is 0 Å². The molecule has 1 aromatic rings. The van der Waals surface area contributed by atoms with Crippen LogP contribution in [0.5, 0.6) is 0 Å². The van der Waals surface area contributed by atoms with Crippen LogP contribution in [0.25, 0.3) is 0 Å². The second-order valence-electron chi connectivity index (χ2n) is 4.03. The molecule has 1 aromatic carbocycles. The van der Waals surface area contributed by atoms with Gasteiger partial charge in [-0.25, -0.2) is 8.42 Å². The molecule has 0 spiro atoms. The quantitative estimate of drug-likeness (QED) is 0.741. The Morgan fingerprint density at radius 2 is 1.84 bits per heavy atom. The molecule has 0 aliphatic carbocycles. The normalized spacial score (nSPS) is 13.0. The zero-order chi connectivity index (χ0) is 14.5. The van der Waals surface area contributed by atoms with Gasteiger partial charge in [-0.1, -0.05) is 29.3 Å². The number of carbonyl (C=O) groups excluding carboxylic acids is 1. The SMILES string of the molecule is CCCC(C(=O)OCC)S(=O)(=O)c1ccc(Br)cc1. The second-order valence-corrected chi connectivity index (χ2v) is 7.07. The number of hydrogen-bond donors (Lipinski definition) is 0. The summed E-state index contributed by atoms with van der Waals surface area (Å²) in [5.74, 6) is -0.674. The Morgan fingerprint density at radius 1 is 1.26 bits per heavy atom. The third-order valence-corrected chi connectivity index (χ3v) is 5.25. The third-order valence-electron chi connectivity index (χ3n) is 2.62. The summed E-state index contributed by atoms with van der Waals surface area (Å²) in [5.41, 5.74) is 0. The standard InChI is InChI=1S/C13H17BrO4S/c1-3-5-12(13(15)18-4-2)19(16,17)11-8-6-10(14)7-9-11/h6-9,12H,3-5H2,1-2H3. The van der Waals surface area contributed by atoms with Crippen LogP contribution < -0.4 is 0 Å². The van der Waals surface area contributed by atoms with Gasteiger partial charge in [0.25, 0.3) is 0 Å². The van der Waals surface area contributed by atoms with Crippen LogP contribution >= 0.6 is 15.9 Å². The summed E-state index contributed by atoms with van der Waals surface area (Å²) >= 11 is 3.25. The molecule has 0 radical (unpaired) electrons. The van der Waals surface area contributed by atoms with E-state index in [1.165, 1.54) is 12.1 Å². The zero-order valence-corrected chi connectivity index (χ0v) is 13.3. The predicted octanol–water partition coefficient (Wildman–Crippen LogP) is 2.95. The number of carbonyl (C=O) groups is 1. The summed E-state index contributed by atoms with van der Waals surface area (Å²) in [6.45, 7) is 3.67. The molecule has 0 bridgehead atoms. The molecule has 0 fully saturated rings. The smallest absolute Gasteiger partial charge is 0.324 e. The van der Waals surface area contributed by atoms with Crippen LogP contribution in [-0.2, 0) is 19.4 Å². The maximum Gasteiger partial charge on any atom is 0.324 e. The zero-order valence-electron chi connectivity index (χ0n) is 10.9. The second kappa shape index (κ2) is 7.05. The lowest BCUT2D eigenvalue weighted by Gasteiger charge is -2.15. The fourth-order valence-corrected chi connectivity index (χ4v) is 3.66. The molecule has 106 valence electrons. The predicted molar refractivity (Wildman–Crippen MR) is 76.7 cm³/mol. The van der Waals surface area contributed by atoms with Crippen LogP contribution in [0.3, 0.4) is 0 Å². The van der Waals surface area contributed by atoms with Gasteiger partial charge >= 0.3 is 5.97 Å². The highest BCUT2D eigenvalue weighted by atomic mass is 79.9. The van der Waals surface area contributed by atoms with Gasteiger partial charge in [0.2, 0.25) is 0 Å². The number of esters is 1. The highest BCUT2D eigenvalue weighted by Gasteiger charge is 2.34. The lowest BCUT2D eigenvalue weighted by Crippen LogP contribution is -2.32. The summed E-state index contributed by atoms with van der Waals surface area (Å²) in [5, 5.41) is -1.13. The van der Waals surface area contributed by atoms with Crippen molar-refractivity contribution < 1.29 is 17.9 Å². The third kappa shape index (κ3) is 4.04. The molecule has 0 saturated heterocycles. The van der Waals surface area contributed by atoms with Gasteiger partial charge in [0.1, 0.15) is 0 Å². The molecule has 1 rings (SSSR count). The first-order valence-electron chi connectivity index (χ1n) is 6.09. The Bertz CT molecular complexity index is 522. The van der Waals surface area contributed by atoms with E-state index in [9.17, 15) is 13.2 Å². The van der Waals surface area contributed by atoms with E-state index in [2.05, 4.69) is 15.9 Å². The van der Waals surface area contributed by atoms with Gasteiger partial charge in [-0.05, 0) is 37.6 Å². The van der Waals surface area contributed by atoms with E-state index in [1.54, 1.807) is 19.1 Å². The molecule has 0 amide bonds. The molecular weight excluding hydrogens is 332 g/mol. The average molecular weight is 349 g/mol. The molecule has 0 heterocycles. The minimum absolute atomic E-state index is 0.141. The van der Waals surface area contributed by atoms with Gasteiger partial charge in [-0.3, -0.25) is 4.79 Å². The number of sulfone groups is 1. The van der Waals surface area contributed by atoms with Crippen molar-refractivity contribution in [3.05, 3.63) is 28.7 Å². The first kappa shape index (κ1) is 16.2. The molecule has 0 aliphatic rings. The minimum Gasteiger partial charge on any atom is -0.465 e. The van der Waals surface area contributed by atoms with E-state index in [-0.39, 0.29) is 17.9 Å². The Labute approximate surface area is 122 Å². The average Bonchev–Trinajstić information content (AvgIpc) is 2.36. The number of ether oxygens (including phenoxy) is 1. The van der Waals surface area contributed by atoms with Crippen LogP contribution in [0.2, 0.25) is 0 Å². The molecule has 0 aromatic heterocycles. The van der Waals surface area contributed by atoms with E-state index in [0.29, 0.717) is 6.42 Å². The Hall–Kier alpha value is -0.880. The highest BCUT2D eigenvalue weighted by molar-refractivity contribution is 9.10. The van der Waals surface area contributed by atoms with Crippen molar-refractivity contribution in [2.75, 3.05) is 6.61 Å². The lowest BCUT2D eigenvalue weighted by atomic mass is 10.2. The van der Waals surface area contributed by atoms with E-state index < -0.39 is 21.1 Å². The lowest BCUT2D eigenvalue weighted by molar-refractivity contribution is -0.142. The molecule has 1 atom stereocenters. The van der Waals surface area contributed by atoms with Crippen LogP contribution in [0.15, 0.2) is 33.6 Å². The van der Waals surface area contributed by atoms with Gasteiger partial charge in [0.05, 0.1) is 11.5 Å². The number of rotatable bonds is 6. The van der Waals surface area contributed by atoms with Crippen LogP contribution in [0.1, 0.15) is 26.7 Å². The summed E-state index contributed by atoms with van der Waals surface area (Å²) in [4.78, 5) is 12.0. The van der Waals surface area contributed by atoms with E-state index in [4.69, 9.17) is 4.74 Å². The van der Waals surface area contributed by atoms with Crippen molar-refractivity contribution in [2.45, 2.75) is 36.8 Å². The van der Waals surface area contributed by atoms with Gasteiger partial charge in [0, 0.05) is 4.47 Å². The van der Waals surface area contributed by atoms with E-state index in [0.717, 1.165) is 4.47 Å². The number of hydrogen-bond acceptors (Lipinski definition) is 4. The Kier molecular flexibility index (Phi) is 6.00. The summed E-state index contributed by atoms with van der Waals surface area (Å²) < 4.78 is 30.5. The minimum atomic E-state index is -3.70. The maximum absolute atomic E-state index is 12.4. The largest absolute Gasteiger partial charge is 0.465 e. The summed E-state index contributed by atoms with van der Waals surface area (Å²) in [7, 11) is -3.70. The number of halogens is 1. The maximum atomic E-state index is 12.4. The molecular formula is C13H17BrO4S. The Balaban J connectivity index is 3.12. The van der Waals surface area contributed by atoms with Crippen molar-refractivity contribution in [3.63, 3.8) is 0 Å². The van der Waals surface area contributed by atoms with Crippen molar-refractivity contribution >= 4 is 31.7 Å².